The Labute approximate surface area is 163 Å². The van der Waals surface area contributed by atoms with E-state index in [-0.39, 0.29) is 10.1 Å². The van der Waals surface area contributed by atoms with Crippen molar-refractivity contribution < 1.29 is 23.1 Å². The molecule has 0 atom stereocenters. The lowest BCUT2D eigenvalue weighted by atomic mass is 10.0. The number of rotatable bonds is 4. The molecule has 0 aliphatic carbocycles. The Hall–Kier alpha value is -3.33. The number of nitrogens with one attached hydrogen (secondary N) is 1. The zero-order chi connectivity index (χ0) is 20.1. The van der Waals surface area contributed by atoms with Gasteiger partial charge >= 0.3 is 5.97 Å². The summed E-state index contributed by atoms with van der Waals surface area (Å²) in [6.45, 7) is 0. The predicted molar refractivity (Wildman–Crippen MR) is 103 cm³/mol. The van der Waals surface area contributed by atoms with Crippen LogP contribution in [0.5, 0.6) is 0 Å². The molecule has 1 amide bonds. The average molecular weight is 401 g/mol. The minimum absolute atomic E-state index is 0.160. The third kappa shape index (κ3) is 4.89. The number of ether oxygens (including phenoxy) is 1. The summed E-state index contributed by atoms with van der Waals surface area (Å²) in [5.74, 6) is -2.39. The average Bonchev–Trinajstić information content (AvgIpc) is 3.00. The molecule has 2 aromatic carbocycles. The summed E-state index contributed by atoms with van der Waals surface area (Å²) in [7, 11) is 1.21. The van der Waals surface area contributed by atoms with Crippen LogP contribution in [0.4, 0.5) is 8.78 Å². The maximum absolute atomic E-state index is 13.3. The lowest BCUT2D eigenvalue weighted by molar-refractivity contribution is -0.135. The van der Waals surface area contributed by atoms with Crippen LogP contribution in [0.3, 0.4) is 0 Å². The molecule has 142 valence electrons. The van der Waals surface area contributed by atoms with Crippen LogP contribution in [0, 0.1) is 11.6 Å². The van der Waals surface area contributed by atoms with Crippen molar-refractivity contribution in [2.75, 3.05) is 7.11 Å². The molecule has 1 heterocycles. The number of thioether (sulfide) groups is 1. The Morgan fingerprint density at radius 3 is 2.43 bits per heavy atom. The molecule has 6 nitrogen and oxygen atoms in total. The lowest BCUT2D eigenvalue weighted by Crippen LogP contribution is -2.19. The molecule has 0 radical (unpaired) electrons. The molecule has 0 bridgehead atoms. The van der Waals surface area contributed by atoms with Crippen LogP contribution in [0.2, 0.25) is 0 Å². The molecular weight excluding hydrogens is 388 g/mol. The molecule has 0 unspecified atom stereocenters. The number of amidine groups is 1. The number of esters is 1. The van der Waals surface area contributed by atoms with E-state index in [1.54, 1.807) is 24.3 Å². The van der Waals surface area contributed by atoms with Gasteiger partial charge in [-0.05, 0) is 40.6 Å². The highest BCUT2D eigenvalue weighted by atomic mass is 32.2. The van der Waals surface area contributed by atoms with Gasteiger partial charge in [-0.15, -0.1) is 5.10 Å². The molecule has 0 aromatic heterocycles. The van der Waals surface area contributed by atoms with Gasteiger partial charge in [0.1, 0.15) is 11.6 Å². The minimum atomic E-state index is -0.645. The summed E-state index contributed by atoms with van der Waals surface area (Å²) < 4.78 is 31.1. The number of carbonyl (C=O) groups excluding carboxylic acids is 2. The molecule has 2 aromatic rings. The lowest BCUT2D eigenvalue weighted by Gasteiger charge is -2.03. The second-order valence-electron chi connectivity index (χ2n) is 5.52. The van der Waals surface area contributed by atoms with E-state index in [4.69, 9.17) is 0 Å². The van der Waals surface area contributed by atoms with Gasteiger partial charge in [0.25, 0.3) is 5.91 Å². The highest BCUT2D eigenvalue weighted by Gasteiger charge is 2.24. The second kappa shape index (κ2) is 8.57. The van der Waals surface area contributed by atoms with Crippen molar-refractivity contribution in [3.63, 3.8) is 0 Å². The first-order valence-corrected chi connectivity index (χ1v) is 8.72. The number of benzene rings is 2. The predicted octanol–water partition coefficient (Wildman–Crippen LogP) is 3.24. The number of methoxy groups -OCH3 is 1. The van der Waals surface area contributed by atoms with Gasteiger partial charge in [-0.1, -0.05) is 24.3 Å². The molecule has 1 saturated heterocycles. The van der Waals surface area contributed by atoms with E-state index in [1.807, 2.05) is 0 Å². The van der Waals surface area contributed by atoms with Crippen LogP contribution in [-0.4, -0.2) is 30.4 Å². The largest absolute Gasteiger partial charge is 0.466 e. The molecule has 9 heteroatoms. The minimum Gasteiger partial charge on any atom is -0.466 e. The second-order valence-corrected chi connectivity index (χ2v) is 6.55. The summed E-state index contributed by atoms with van der Waals surface area (Å²) in [4.78, 5) is 23.0. The van der Waals surface area contributed by atoms with Gasteiger partial charge in [-0.3, -0.25) is 10.1 Å². The van der Waals surface area contributed by atoms with Gasteiger partial charge in [0, 0.05) is 12.1 Å². The fourth-order valence-corrected chi connectivity index (χ4v) is 3.01. The Morgan fingerprint density at radius 1 is 1.11 bits per heavy atom. The normalized spacial score (nSPS) is 16.8. The molecule has 0 spiro atoms. The van der Waals surface area contributed by atoms with Crippen molar-refractivity contribution >= 4 is 35.0 Å². The maximum atomic E-state index is 13.3. The van der Waals surface area contributed by atoms with Crippen molar-refractivity contribution in [3.8, 4) is 11.1 Å². The van der Waals surface area contributed by atoms with Gasteiger partial charge < -0.3 is 4.74 Å². The van der Waals surface area contributed by atoms with E-state index >= 15 is 0 Å². The van der Waals surface area contributed by atoms with Crippen molar-refractivity contribution in [1.82, 2.24) is 5.32 Å². The molecule has 1 aliphatic heterocycles. The Bertz CT molecular complexity index is 997. The first-order valence-electron chi connectivity index (χ1n) is 7.91. The van der Waals surface area contributed by atoms with Gasteiger partial charge in [0.05, 0.1) is 18.2 Å². The summed E-state index contributed by atoms with van der Waals surface area (Å²) in [5.41, 5.74) is 1.78. The van der Waals surface area contributed by atoms with E-state index in [9.17, 15) is 18.4 Å². The number of nitrogens with zero attached hydrogens (tertiary/aromatic N) is 2. The van der Waals surface area contributed by atoms with E-state index in [2.05, 4.69) is 20.3 Å². The van der Waals surface area contributed by atoms with Crippen LogP contribution in [0.15, 0.2) is 63.6 Å². The molecule has 1 aliphatic rings. The van der Waals surface area contributed by atoms with Crippen molar-refractivity contribution in [2.45, 2.75) is 0 Å². The molecule has 28 heavy (non-hydrogen) atoms. The molecule has 1 N–H and O–H groups in total. The zero-order valence-corrected chi connectivity index (χ0v) is 15.3. The summed E-state index contributed by atoms with van der Waals surface area (Å²) in [6.07, 6.45) is 2.53. The van der Waals surface area contributed by atoms with Crippen LogP contribution in [0.1, 0.15) is 5.56 Å². The fraction of sp³-hybridized carbons (Fsp3) is 0.0526. The highest BCUT2D eigenvalue weighted by molar-refractivity contribution is 8.18. The Kier molecular flexibility index (Phi) is 5.95. The first kappa shape index (κ1) is 19.4. The summed E-state index contributed by atoms with van der Waals surface area (Å²) in [6, 6.07) is 10.1. The number of amides is 1. The first-order chi connectivity index (χ1) is 13.4. The fourth-order valence-electron chi connectivity index (χ4n) is 2.27. The van der Waals surface area contributed by atoms with Gasteiger partial charge in [0.2, 0.25) is 0 Å². The van der Waals surface area contributed by atoms with Crippen LogP contribution in [0.25, 0.3) is 11.1 Å². The number of hydrogen-bond acceptors (Lipinski definition) is 6. The van der Waals surface area contributed by atoms with Crippen molar-refractivity contribution in [1.29, 1.82) is 0 Å². The van der Waals surface area contributed by atoms with Gasteiger partial charge in [0.15, 0.2) is 5.17 Å². The van der Waals surface area contributed by atoms with Gasteiger partial charge in [-0.25, -0.2) is 13.6 Å². The monoisotopic (exact) mass is 401 g/mol. The number of hydrogen-bond donors (Lipinski definition) is 1. The highest BCUT2D eigenvalue weighted by Crippen LogP contribution is 2.24. The van der Waals surface area contributed by atoms with E-state index in [0.717, 1.165) is 23.9 Å². The molecule has 3 rings (SSSR count). The Balaban J connectivity index is 1.68. The van der Waals surface area contributed by atoms with Crippen LogP contribution >= 0.6 is 11.8 Å². The third-order valence-electron chi connectivity index (χ3n) is 3.56. The smallest absolute Gasteiger partial charge is 0.331 e. The summed E-state index contributed by atoms with van der Waals surface area (Å²) in [5, 5.41) is 10.5. The Morgan fingerprint density at radius 2 is 1.79 bits per heavy atom. The van der Waals surface area contributed by atoms with Crippen molar-refractivity contribution in [3.05, 3.63) is 70.6 Å². The van der Waals surface area contributed by atoms with E-state index in [1.165, 1.54) is 25.5 Å². The molecule has 1 fully saturated rings. The standard InChI is InChI=1S/C19H13F2N3O3S/c1-27-17(25)9-16-18(26)23-19(28-16)24-22-10-11-2-4-12(5-3-11)13-6-14(20)8-15(21)7-13/h2-10H,1H3,(H,23,24,26)/b16-9+,22-10?. The molecular formula is C19H13F2N3O3S. The van der Waals surface area contributed by atoms with Crippen LogP contribution in [-0.2, 0) is 14.3 Å². The quantitative estimate of drug-likeness (QED) is 0.369. The van der Waals surface area contributed by atoms with Gasteiger partial charge in [-0.2, -0.15) is 5.10 Å². The summed E-state index contributed by atoms with van der Waals surface area (Å²) >= 11 is 0.965. The SMILES string of the molecule is COC(=O)/C=C1/S/C(=N\N=Cc2ccc(-c3cc(F)cc(F)c3)cc2)NC1=O. The zero-order valence-electron chi connectivity index (χ0n) is 14.5. The van der Waals surface area contributed by atoms with E-state index in [0.29, 0.717) is 16.7 Å². The number of halogens is 2. The van der Waals surface area contributed by atoms with E-state index < -0.39 is 23.5 Å². The maximum Gasteiger partial charge on any atom is 0.331 e. The topological polar surface area (TPSA) is 80.1 Å². The molecule has 0 saturated carbocycles. The van der Waals surface area contributed by atoms with Crippen molar-refractivity contribution in [2.24, 2.45) is 10.2 Å². The third-order valence-corrected chi connectivity index (χ3v) is 4.46. The number of carbonyl (C=O) groups is 2. The van der Waals surface area contributed by atoms with Crippen LogP contribution < -0.4 is 5.32 Å².